The third kappa shape index (κ3) is 4.25. The summed E-state index contributed by atoms with van der Waals surface area (Å²) in [5.74, 6) is 0.862. The van der Waals surface area contributed by atoms with Gasteiger partial charge in [0.25, 0.3) is 0 Å². The maximum Gasteiger partial charge on any atom is 0.0685 e. The molecule has 1 atom stereocenters. The molecule has 3 nitrogen and oxygen atoms in total. The normalized spacial score (nSPS) is 18.1. The third-order valence-corrected chi connectivity index (χ3v) is 5.37. The first kappa shape index (κ1) is 14.9. The maximum absolute atomic E-state index is 10.2. The third-order valence-electron chi connectivity index (χ3n) is 3.85. The van der Waals surface area contributed by atoms with Crippen LogP contribution in [0, 0.1) is 0 Å². The molecule has 0 aromatic carbocycles. The van der Waals surface area contributed by atoms with E-state index >= 15 is 0 Å². The molecule has 4 heteroatoms. The average molecular weight is 282 g/mol. The van der Waals surface area contributed by atoms with E-state index in [1.165, 1.54) is 31.4 Å². The van der Waals surface area contributed by atoms with Gasteiger partial charge in [-0.1, -0.05) is 19.8 Å². The Kier molecular flexibility index (Phi) is 5.76. The van der Waals surface area contributed by atoms with Crippen LogP contribution < -0.4 is 0 Å². The number of aryl methyl sites for hydroxylation is 2. The first-order chi connectivity index (χ1) is 9.22. The van der Waals surface area contributed by atoms with Crippen molar-refractivity contribution < 1.29 is 5.11 Å². The van der Waals surface area contributed by atoms with Gasteiger partial charge >= 0.3 is 0 Å². The lowest BCUT2D eigenvalue weighted by Gasteiger charge is -2.14. The predicted octanol–water partition coefficient (Wildman–Crippen LogP) is 3.04. The van der Waals surface area contributed by atoms with Crippen molar-refractivity contribution >= 4 is 11.8 Å². The molecule has 108 valence electrons. The smallest absolute Gasteiger partial charge is 0.0685 e. The molecule has 1 heterocycles. The Labute approximate surface area is 120 Å². The van der Waals surface area contributed by atoms with Gasteiger partial charge in [-0.2, -0.15) is 16.9 Å². The average Bonchev–Trinajstić information content (AvgIpc) is 3.05. The molecule has 0 spiro atoms. The zero-order chi connectivity index (χ0) is 13.7. The zero-order valence-corrected chi connectivity index (χ0v) is 13.0. The van der Waals surface area contributed by atoms with Gasteiger partial charge in [0.15, 0.2) is 0 Å². The molecule has 19 heavy (non-hydrogen) atoms. The van der Waals surface area contributed by atoms with Crippen molar-refractivity contribution in [2.24, 2.45) is 0 Å². The van der Waals surface area contributed by atoms with Crippen LogP contribution in [-0.2, 0) is 19.4 Å². The first-order valence-corrected chi connectivity index (χ1v) is 8.63. The van der Waals surface area contributed by atoms with Crippen molar-refractivity contribution in [1.82, 2.24) is 9.78 Å². The van der Waals surface area contributed by atoms with Crippen molar-refractivity contribution in [3.05, 3.63) is 17.5 Å². The number of hydrogen-bond acceptors (Lipinski definition) is 3. The van der Waals surface area contributed by atoms with Crippen LogP contribution in [0.4, 0.5) is 0 Å². The fourth-order valence-electron chi connectivity index (χ4n) is 2.73. The van der Waals surface area contributed by atoms with Crippen molar-refractivity contribution in [2.45, 2.75) is 70.3 Å². The molecule has 1 aliphatic carbocycles. The highest BCUT2D eigenvalue weighted by molar-refractivity contribution is 7.99. The summed E-state index contributed by atoms with van der Waals surface area (Å²) in [4.78, 5) is 0. The number of aliphatic hydroxyl groups excluding tert-OH is 1. The highest BCUT2D eigenvalue weighted by atomic mass is 32.2. The van der Waals surface area contributed by atoms with Gasteiger partial charge in [0.1, 0.15) is 0 Å². The molecule has 1 aromatic rings. The molecule has 0 amide bonds. The Bertz CT molecular complexity index is 385. The van der Waals surface area contributed by atoms with Crippen molar-refractivity contribution in [3.63, 3.8) is 0 Å². The fraction of sp³-hybridized carbons (Fsp3) is 0.800. The van der Waals surface area contributed by atoms with Crippen LogP contribution in [0.15, 0.2) is 6.07 Å². The van der Waals surface area contributed by atoms with Crippen LogP contribution >= 0.6 is 11.8 Å². The first-order valence-electron chi connectivity index (χ1n) is 7.58. The van der Waals surface area contributed by atoms with E-state index in [1.807, 2.05) is 16.4 Å². The highest BCUT2D eigenvalue weighted by Gasteiger charge is 2.18. The second kappa shape index (κ2) is 7.34. The van der Waals surface area contributed by atoms with Crippen molar-refractivity contribution in [3.8, 4) is 0 Å². The number of nitrogens with zero attached hydrogens (tertiary/aromatic N) is 2. The standard InChI is InChI=1S/C15H26N2OS/c1-3-12-9-13(17(4-2)16-12)10-14(18)11-19-15-7-5-6-8-15/h9,14-15,18H,3-8,10-11H2,1-2H3. The largest absolute Gasteiger partial charge is 0.392 e. The minimum atomic E-state index is -0.239. The summed E-state index contributed by atoms with van der Waals surface area (Å²) in [5, 5.41) is 15.5. The number of thioether (sulfide) groups is 1. The van der Waals surface area contributed by atoms with Gasteiger partial charge in [-0.25, -0.2) is 0 Å². The van der Waals surface area contributed by atoms with Crippen LogP contribution in [0.5, 0.6) is 0 Å². The molecule has 1 aromatic heterocycles. The summed E-state index contributed by atoms with van der Waals surface area (Å²) in [6, 6.07) is 2.15. The van der Waals surface area contributed by atoms with Crippen LogP contribution in [0.3, 0.4) is 0 Å². The molecule has 0 aliphatic heterocycles. The number of hydrogen-bond donors (Lipinski definition) is 1. The van der Waals surface area contributed by atoms with Gasteiger partial charge in [0.05, 0.1) is 11.8 Å². The Morgan fingerprint density at radius 3 is 2.79 bits per heavy atom. The molecule has 2 rings (SSSR count). The van der Waals surface area contributed by atoms with Gasteiger partial charge in [-0.3, -0.25) is 4.68 Å². The summed E-state index contributed by atoms with van der Waals surface area (Å²) in [6.45, 7) is 5.12. The van der Waals surface area contributed by atoms with Crippen LogP contribution in [-0.4, -0.2) is 32.0 Å². The monoisotopic (exact) mass is 282 g/mol. The Morgan fingerprint density at radius 2 is 2.16 bits per heavy atom. The summed E-state index contributed by atoms with van der Waals surface area (Å²) in [6.07, 6.45) is 6.88. The number of rotatable bonds is 7. The summed E-state index contributed by atoms with van der Waals surface area (Å²) >= 11 is 1.96. The van der Waals surface area contributed by atoms with Crippen LogP contribution in [0.2, 0.25) is 0 Å². The zero-order valence-electron chi connectivity index (χ0n) is 12.1. The predicted molar refractivity (Wildman–Crippen MR) is 81.7 cm³/mol. The molecule has 1 unspecified atom stereocenters. The lowest BCUT2D eigenvalue weighted by atomic mass is 10.2. The minimum Gasteiger partial charge on any atom is -0.392 e. The van der Waals surface area contributed by atoms with Gasteiger partial charge in [0.2, 0.25) is 0 Å². The minimum absolute atomic E-state index is 0.239. The summed E-state index contributed by atoms with van der Waals surface area (Å²) in [5.41, 5.74) is 2.31. The van der Waals surface area contributed by atoms with Gasteiger partial charge < -0.3 is 5.11 Å². The van der Waals surface area contributed by atoms with Gasteiger partial charge in [-0.05, 0) is 32.3 Å². The molecule has 1 aliphatic rings. The van der Waals surface area contributed by atoms with Gasteiger partial charge in [0, 0.05) is 29.7 Å². The Balaban J connectivity index is 1.83. The van der Waals surface area contributed by atoms with E-state index in [0.717, 1.165) is 36.1 Å². The van der Waals surface area contributed by atoms with E-state index in [4.69, 9.17) is 0 Å². The molecule has 0 radical (unpaired) electrons. The van der Waals surface area contributed by atoms with Crippen molar-refractivity contribution in [1.29, 1.82) is 0 Å². The topological polar surface area (TPSA) is 38.0 Å². The second-order valence-electron chi connectivity index (χ2n) is 5.39. The highest BCUT2D eigenvalue weighted by Crippen LogP contribution is 2.30. The molecular weight excluding hydrogens is 256 g/mol. The van der Waals surface area contributed by atoms with E-state index in [2.05, 4.69) is 25.0 Å². The van der Waals surface area contributed by atoms with Crippen LogP contribution in [0.1, 0.15) is 50.9 Å². The van der Waals surface area contributed by atoms with Crippen molar-refractivity contribution in [2.75, 3.05) is 5.75 Å². The van der Waals surface area contributed by atoms with E-state index in [-0.39, 0.29) is 6.10 Å². The lowest BCUT2D eigenvalue weighted by Crippen LogP contribution is -2.18. The van der Waals surface area contributed by atoms with Crippen LogP contribution in [0.25, 0.3) is 0 Å². The number of aliphatic hydroxyl groups is 1. The molecular formula is C15H26N2OS. The quantitative estimate of drug-likeness (QED) is 0.835. The maximum atomic E-state index is 10.2. The summed E-state index contributed by atoms with van der Waals surface area (Å²) in [7, 11) is 0. The lowest BCUT2D eigenvalue weighted by molar-refractivity contribution is 0.197. The Hall–Kier alpha value is -0.480. The molecule has 1 N–H and O–H groups in total. The van der Waals surface area contributed by atoms with E-state index in [0.29, 0.717) is 0 Å². The number of aromatic nitrogens is 2. The van der Waals surface area contributed by atoms with E-state index < -0.39 is 0 Å². The molecule has 1 fully saturated rings. The molecule has 1 saturated carbocycles. The SMILES string of the molecule is CCc1cc(CC(O)CSC2CCCC2)n(CC)n1. The van der Waals surface area contributed by atoms with E-state index in [9.17, 15) is 5.11 Å². The molecule has 0 saturated heterocycles. The molecule has 0 bridgehead atoms. The van der Waals surface area contributed by atoms with Gasteiger partial charge in [-0.15, -0.1) is 0 Å². The fourth-order valence-corrected chi connectivity index (χ4v) is 4.01. The summed E-state index contributed by atoms with van der Waals surface area (Å²) < 4.78 is 2.03. The van der Waals surface area contributed by atoms with E-state index in [1.54, 1.807) is 0 Å². The second-order valence-corrected chi connectivity index (χ2v) is 6.73. The Morgan fingerprint density at radius 1 is 1.42 bits per heavy atom.